The zero-order valence-corrected chi connectivity index (χ0v) is 16.3. The summed E-state index contributed by atoms with van der Waals surface area (Å²) in [5, 5.41) is 0. The zero-order chi connectivity index (χ0) is 17.0. The van der Waals surface area contributed by atoms with Gasteiger partial charge in [0.1, 0.15) is 0 Å². The van der Waals surface area contributed by atoms with Crippen molar-refractivity contribution in [3.63, 3.8) is 0 Å². The van der Waals surface area contributed by atoms with Crippen LogP contribution in [-0.2, 0) is 4.74 Å². The highest BCUT2D eigenvalue weighted by Gasteiger charge is 1.96. The molecule has 0 aromatic carbocycles. The second-order valence-corrected chi connectivity index (χ2v) is 7.09. The predicted molar refractivity (Wildman–Crippen MR) is 105 cm³/mol. The van der Waals surface area contributed by atoms with Crippen LogP contribution in [0, 0.1) is 0 Å². The third-order valence-electron chi connectivity index (χ3n) is 4.57. The fraction of sp³-hybridized carbons (Fsp3) is 0.909. The van der Waals surface area contributed by atoms with Gasteiger partial charge < -0.3 is 4.74 Å². The quantitative estimate of drug-likeness (QED) is 0.172. The maximum absolute atomic E-state index is 5.52. The van der Waals surface area contributed by atoms with E-state index in [0.717, 1.165) is 25.2 Å². The fourth-order valence-corrected chi connectivity index (χ4v) is 3.01. The van der Waals surface area contributed by atoms with Crippen LogP contribution >= 0.6 is 0 Å². The molecule has 0 bridgehead atoms. The molecule has 0 aliphatic rings. The first-order valence-corrected chi connectivity index (χ1v) is 10.6. The molecule has 0 fully saturated rings. The second-order valence-electron chi connectivity index (χ2n) is 7.09. The van der Waals surface area contributed by atoms with Gasteiger partial charge in [0.25, 0.3) is 0 Å². The summed E-state index contributed by atoms with van der Waals surface area (Å²) < 4.78 is 5.52. The van der Waals surface area contributed by atoms with Crippen LogP contribution in [0.4, 0.5) is 0 Å². The molecule has 1 nitrogen and oxygen atoms in total. The Morgan fingerprint density at radius 2 is 0.957 bits per heavy atom. The van der Waals surface area contributed by atoms with Crippen molar-refractivity contribution in [2.75, 3.05) is 6.61 Å². The molecule has 0 N–H and O–H groups in total. The van der Waals surface area contributed by atoms with Gasteiger partial charge in [-0.25, -0.2) is 0 Å². The van der Waals surface area contributed by atoms with Crippen LogP contribution in [0.25, 0.3) is 0 Å². The summed E-state index contributed by atoms with van der Waals surface area (Å²) in [6.45, 7) is 9.23. The maximum atomic E-state index is 5.52. The van der Waals surface area contributed by atoms with Gasteiger partial charge in [0.2, 0.25) is 0 Å². The van der Waals surface area contributed by atoms with Gasteiger partial charge in [-0.05, 0) is 12.8 Å². The SMILES string of the molecule is C=C(CCCCCCCCCCCCCCCCC)OCCC. The Bertz CT molecular complexity index is 234. The number of hydrogen-bond donors (Lipinski definition) is 0. The number of ether oxygens (including phenoxy) is 1. The Kier molecular flexibility index (Phi) is 19.2. The number of hydrogen-bond acceptors (Lipinski definition) is 1. The van der Waals surface area contributed by atoms with E-state index < -0.39 is 0 Å². The normalized spacial score (nSPS) is 10.9. The Morgan fingerprint density at radius 3 is 1.35 bits per heavy atom. The van der Waals surface area contributed by atoms with Crippen LogP contribution in [0.15, 0.2) is 12.3 Å². The van der Waals surface area contributed by atoms with Gasteiger partial charge in [-0.3, -0.25) is 0 Å². The Balaban J connectivity index is 3.04. The van der Waals surface area contributed by atoms with Crippen molar-refractivity contribution in [1.82, 2.24) is 0 Å². The molecule has 138 valence electrons. The molecule has 0 aromatic rings. The number of allylic oxidation sites excluding steroid dienone is 1. The molecule has 0 spiro atoms. The number of rotatable bonds is 19. The molecule has 23 heavy (non-hydrogen) atoms. The van der Waals surface area contributed by atoms with E-state index in [1.807, 2.05) is 0 Å². The van der Waals surface area contributed by atoms with Gasteiger partial charge in [-0.15, -0.1) is 0 Å². The van der Waals surface area contributed by atoms with Crippen LogP contribution in [0.5, 0.6) is 0 Å². The minimum Gasteiger partial charge on any atom is -0.499 e. The highest BCUT2D eigenvalue weighted by Crippen LogP contribution is 2.14. The molecular formula is C22H44O. The molecule has 0 heterocycles. The van der Waals surface area contributed by atoms with E-state index >= 15 is 0 Å². The van der Waals surface area contributed by atoms with E-state index in [-0.39, 0.29) is 0 Å². The van der Waals surface area contributed by atoms with Crippen molar-refractivity contribution >= 4 is 0 Å². The van der Waals surface area contributed by atoms with Gasteiger partial charge >= 0.3 is 0 Å². The van der Waals surface area contributed by atoms with Gasteiger partial charge in [0.05, 0.1) is 12.4 Å². The van der Waals surface area contributed by atoms with E-state index in [4.69, 9.17) is 4.74 Å². The summed E-state index contributed by atoms with van der Waals surface area (Å²) >= 11 is 0. The second kappa shape index (κ2) is 19.6. The lowest BCUT2D eigenvalue weighted by Crippen LogP contribution is -1.92. The monoisotopic (exact) mass is 324 g/mol. The fourth-order valence-electron chi connectivity index (χ4n) is 3.01. The topological polar surface area (TPSA) is 9.23 Å². The first-order valence-electron chi connectivity index (χ1n) is 10.6. The molecule has 0 unspecified atom stereocenters. The Labute approximate surface area is 147 Å². The van der Waals surface area contributed by atoms with E-state index in [9.17, 15) is 0 Å². The van der Waals surface area contributed by atoms with Crippen molar-refractivity contribution in [3.8, 4) is 0 Å². The summed E-state index contributed by atoms with van der Waals surface area (Å²) in [5.74, 6) is 0.988. The van der Waals surface area contributed by atoms with Crippen LogP contribution < -0.4 is 0 Å². The zero-order valence-electron chi connectivity index (χ0n) is 16.3. The van der Waals surface area contributed by atoms with Crippen molar-refractivity contribution in [2.45, 2.75) is 123 Å². The van der Waals surface area contributed by atoms with Gasteiger partial charge in [0.15, 0.2) is 0 Å². The van der Waals surface area contributed by atoms with Crippen LogP contribution in [-0.4, -0.2) is 6.61 Å². The molecule has 0 radical (unpaired) electrons. The summed E-state index contributed by atoms with van der Waals surface area (Å²) in [5.41, 5.74) is 0. The van der Waals surface area contributed by atoms with E-state index in [1.54, 1.807) is 0 Å². The van der Waals surface area contributed by atoms with Gasteiger partial charge in [-0.1, -0.05) is 110 Å². The molecule has 0 saturated carbocycles. The average molecular weight is 325 g/mol. The Hall–Kier alpha value is -0.460. The van der Waals surface area contributed by atoms with E-state index in [2.05, 4.69) is 20.4 Å². The standard InChI is InChI=1S/C22H44O/c1-4-6-7-8-9-10-11-12-13-14-15-16-17-18-19-20-22(3)23-21-5-2/h3-21H2,1-2H3. The first-order chi connectivity index (χ1) is 11.3. The van der Waals surface area contributed by atoms with Crippen LogP contribution in [0.3, 0.4) is 0 Å². The van der Waals surface area contributed by atoms with E-state index in [0.29, 0.717) is 0 Å². The molecular weight excluding hydrogens is 280 g/mol. The first kappa shape index (κ1) is 22.5. The van der Waals surface area contributed by atoms with E-state index in [1.165, 1.54) is 96.3 Å². The van der Waals surface area contributed by atoms with Gasteiger partial charge in [-0.2, -0.15) is 0 Å². The van der Waals surface area contributed by atoms with Crippen LogP contribution in [0.1, 0.15) is 123 Å². The third kappa shape index (κ3) is 19.5. The lowest BCUT2D eigenvalue weighted by atomic mass is 10.0. The average Bonchev–Trinajstić information content (AvgIpc) is 2.56. The molecule has 0 amide bonds. The Morgan fingerprint density at radius 1 is 0.565 bits per heavy atom. The molecule has 0 aliphatic carbocycles. The predicted octanol–water partition coefficient (Wildman–Crippen LogP) is 8.19. The van der Waals surface area contributed by atoms with Crippen molar-refractivity contribution in [2.24, 2.45) is 0 Å². The number of unbranched alkanes of at least 4 members (excludes halogenated alkanes) is 14. The molecule has 0 rings (SSSR count). The molecule has 0 aliphatic heterocycles. The molecule has 0 aromatic heterocycles. The lowest BCUT2D eigenvalue weighted by molar-refractivity contribution is 0.202. The van der Waals surface area contributed by atoms with Crippen molar-refractivity contribution in [3.05, 3.63) is 12.3 Å². The summed E-state index contributed by atoms with van der Waals surface area (Å²) in [6, 6.07) is 0. The van der Waals surface area contributed by atoms with Crippen LogP contribution in [0.2, 0.25) is 0 Å². The maximum Gasteiger partial charge on any atom is 0.0888 e. The highest BCUT2D eigenvalue weighted by molar-refractivity contribution is 4.81. The summed E-state index contributed by atoms with van der Waals surface area (Å²) in [6.07, 6.45) is 23.4. The largest absolute Gasteiger partial charge is 0.499 e. The minimum absolute atomic E-state index is 0.831. The summed E-state index contributed by atoms with van der Waals surface area (Å²) in [7, 11) is 0. The molecule has 0 atom stereocenters. The smallest absolute Gasteiger partial charge is 0.0888 e. The van der Waals surface area contributed by atoms with Gasteiger partial charge in [0, 0.05) is 6.42 Å². The third-order valence-corrected chi connectivity index (χ3v) is 4.57. The van der Waals surface area contributed by atoms with Crippen molar-refractivity contribution < 1.29 is 4.74 Å². The summed E-state index contributed by atoms with van der Waals surface area (Å²) in [4.78, 5) is 0. The molecule has 1 heteroatoms. The highest BCUT2D eigenvalue weighted by atomic mass is 16.5. The van der Waals surface area contributed by atoms with Crippen molar-refractivity contribution in [1.29, 1.82) is 0 Å². The lowest BCUT2D eigenvalue weighted by Gasteiger charge is -2.07. The minimum atomic E-state index is 0.831. The molecule has 0 saturated heterocycles.